The average Bonchev–Trinajstić information content (AvgIpc) is 3.00. The fourth-order valence-electron chi connectivity index (χ4n) is 3.72. The molecule has 170 valence electrons. The summed E-state index contributed by atoms with van der Waals surface area (Å²) in [5.41, 5.74) is 1.54. The Morgan fingerprint density at radius 2 is 1.84 bits per heavy atom. The van der Waals surface area contributed by atoms with Gasteiger partial charge in [-0.1, -0.05) is 37.7 Å². The summed E-state index contributed by atoms with van der Waals surface area (Å²) in [6, 6.07) is 7.56. The first kappa shape index (κ1) is 23.4. The number of carbonyl (C=O) groups excluding carboxylic acids is 2. The number of ether oxygens (including phenoxy) is 1. The third-order valence-electron chi connectivity index (χ3n) is 5.38. The highest BCUT2D eigenvalue weighted by Gasteiger charge is 2.33. The summed E-state index contributed by atoms with van der Waals surface area (Å²) in [7, 11) is 2.05. The lowest BCUT2D eigenvalue weighted by atomic mass is 10.0. The van der Waals surface area contributed by atoms with E-state index in [-0.39, 0.29) is 11.8 Å². The minimum absolute atomic E-state index is 0.0212. The van der Waals surface area contributed by atoms with Gasteiger partial charge in [-0.2, -0.15) is 0 Å². The van der Waals surface area contributed by atoms with Gasteiger partial charge in [0.1, 0.15) is 11.6 Å². The summed E-state index contributed by atoms with van der Waals surface area (Å²) in [5.74, 6) is -0.0563. The van der Waals surface area contributed by atoms with Crippen LogP contribution in [0.3, 0.4) is 0 Å². The van der Waals surface area contributed by atoms with E-state index in [1.165, 1.54) is 0 Å². The van der Waals surface area contributed by atoms with Crippen molar-refractivity contribution in [2.24, 2.45) is 13.0 Å². The van der Waals surface area contributed by atoms with Crippen LogP contribution in [-0.4, -0.2) is 56.4 Å². The fourth-order valence-corrected chi connectivity index (χ4v) is 4.87. The maximum absolute atomic E-state index is 13.1. The van der Waals surface area contributed by atoms with Crippen LogP contribution < -0.4 is 5.32 Å². The Bertz CT molecular complexity index is 927. The number of hydrogen-bond acceptors (Lipinski definition) is 5. The van der Waals surface area contributed by atoms with E-state index < -0.39 is 17.7 Å². The first-order chi connectivity index (χ1) is 14.5. The van der Waals surface area contributed by atoms with Gasteiger partial charge >= 0.3 is 6.09 Å². The van der Waals surface area contributed by atoms with Gasteiger partial charge in [-0.05, 0) is 51.7 Å². The van der Waals surface area contributed by atoms with Crippen molar-refractivity contribution in [1.29, 1.82) is 0 Å². The van der Waals surface area contributed by atoms with E-state index in [9.17, 15) is 9.59 Å². The number of piperidine rings is 1. The van der Waals surface area contributed by atoms with E-state index in [4.69, 9.17) is 9.72 Å². The molecule has 1 aromatic heterocycles. The molecule has 2 heterocycles. The lowest BCUT2D eigenvalue weighted by molar-refractivity contribution is -0.135. The Hall–Kier alpha value is -2.22. The van der Waals surface area contributed by atoms with Crippen LogP contribution in [-0.2, 0) is 16.6 Å². The molecule has 0 aliphatic carbocycles. The molecule has 1 saturated heterocycles. The van der Waals surface area contributed by atoms with E-state index in [0.717, 1.165) is 29.0 Å². The van der Waals surface area contributed by atoms with E-state index in [1.807, 2.05) is 64.8 Å². The van der Waals surface area contributed by atoms with Crippen molar-refractivity contribution in [2.75, 3.05) is 13.1 Å². The molecule has 1 atom stereocenters. The van der Waals surface area contributed by atoms with Crippen molar-refractivity contribution < 1.29 is 14.3 Å². The normalized spacial score (nSPS) is 16.5. The van der Waals surface area contributed by atoms with E-state index in [2.05, 4.69) is 16.0 Å². The van der Waals surface area contributed by atoms with Gasteiger partial charge in [0.05, 0.1) is 11.0 Å². The fraction of sp³-hybridized carbons (Fsp3) is 0.609. The zero-order valence-corrected chi connectivity index (χ0v) is 20.2. The molecule has 7 nitrogen and oxygen atoms in total. The standard InChI is InChI=1S/C23H34N4O3S/c1-15(2)19(25-22(29)30-23(3,4)5)20(28)27-13-11-16(12-14-27)31-21-24-17-9-7-8-10-18(17)26(21)6/h7-10,15-16,19H,11-14H2,1-6H3,(H,25,29)/t19-/m0/s1. The molecule has 0 bridgehead atoms. The van der Waals surface area contributed by atoms with Crippen molar-refractivity contribution in [3.63, 3.8) is 0 Å². The van der Waals surface area contributed by atoms with Gasteiger partial charge in [-0.15, -0.1) is 0 Å². The van der Waals surface area contributed by atoms with Crippen LogP contribution in [0, 0.1) is 5.92 Å². The molecule has 0 spiro atoms. The van der Waals surface area contributed by atoms with Gasteiger partial charge in [-0.25, -0.2) is 9.78 Å². The summed E-state index contributed by atoms with van der Waals surface area (Å²) in [6.45, 7) is 10.7. The second-order valence-electron chi connectivity index (χ2n) is 9.45. The summed E-state index contributed by atoms with van der Waals surface area (Å²) < 4.78 is 7.48. The molecule has 3 rings (SSSR count). The minimum atomic E-state index is -0.597. The Balaban J connectivity index is 1.57. The number of nitrogens with one attached hydrogen (secondary N) is 1. The first-order valence-corrected chi connectivity index (χ1v) is 11.8. The molecule has 1 fully saturated rings. The Morgan fingerprint density at radius 1 is 1.19 bits per heavy atom. The molecule has 0 saturated carbocycles. The van der Waals surface area contributed by atoms with Crippen LogP contribution in [0.25, 0.3) is 11.0 Å². The highest BCUT2D eigenvalue weighted by molar-refractivity contribution is 7.99. The quantitative estimate of drug-likeness (QED) is 0.745. The highest BCUT2D eigenvalue weighted by Crippen LogP contribution is 2.32. The van der Waals surface area contributed by atoms with Crippen LogP contribution in [0.5, 0.6) is 0 Å². The summed E-state index contributed by atoms with van der Waals surface area (Å²) in [4.78, 5) is 31.9. The maximum atomic E-state index is 13.1. The molecule has 1 aliphatic heterocycles. The lowest BCUT2D eigenvalue weighted by Crippen LogP contribution is -2.53. The Morgan fingerprint density at radius 3 is 2.42 bits per heavy atom. The number of carbonyl (C=O) groups is 2. The van der Waals surface area contributed by atoms with Gasteiger partial charge in [0.2, 0.25) is 5.91 Å². The average molecular weight is 447 g/mol. The van der Waals surface area contributed by atoms with Crippen LogP contribution in [0.2, 0.25) is 0 Å². The number of benzene rings is 1. The number of imidazole rings is 1. The molecule has 1 aliphatic rings. The molecule has 2 amide bonds. The summed E-state index contributed by atoms with van der Waals surface area (Å²) in [6.07, 6.45) is 1.25. The number of amides is 2. The zero-order valence-electron chi connectivity index (χ0n) is 19.3. The third-order valence-corrected chi connectivity index (χ3v) is 6.76. The number of fused-ring (bicyclic) bond motifs is 1. The molecule has 8 heteroatoms. The number of nitrogens with zero attached hydrogens (tertiary/aromatic N) is 3. The maximum Gasteiger partial charge on any atom is 0.408 e. The molecule has 1 aromatic carbocycles. The number of rotatable bonds is 5. The van der Waals surface area contributed by atoms with Gasteiger partial charge < -0.3 is 19.5 Å². The number of hydrogen-bond donors (Lipinski definition) is 1. The molecular weight excluding hydrogens is 412 g/mol. The van der Waals surface area contributed by atoms with Crippen LogP contribution in [0.4, 0.5) is 4.79 Å². The largest absolute Gasteiger partial charge is 0.444 e. The van der Waals surface area contributed by atoms with Gasteiger partial charge in [-0.3, -0.25) is 4.79 Å². The Kier molecular flexibility index (Phi) is 7.19. The zero-order chi connectivity index (χ0) is 22.8. The minimum Gasteiger partial charge on any atom is -0.444 e. The van der Waals surface area contributed by atoms with Crippen molar-refractivity contribution in [3.8, 4) is 0 Å². The number of aryl methyl sites for hydroxylation is 1. The van der Waals surface area contributed by atoms with Gasteiger partial charge in [0.15, 0.2) is 5.16 Å². The van der Waals surface area contributed by atoms with Crippen molar-refractivity contribution in [3.05, 3.63) is 24.3 Å². The van der Waals surface area contributed by atoms with Gasteiger partial charge in [0, 0.05) is 25.4 Å². The number of likely N-dealkylation sites (tertiary alicyclic amines) is 1. The molecule has 0 radical (unpaired) electrons. The first-order valence-electron chi connectivity index (χ1n) is 10.9. The van der Waals surface area contributed by atoms with Crippen LogP contribution >= 0.6 is 11.8 Å². The number of aromatic nitrogens is 2. The van der Waals surface area contributed by atoms with Crippen molar-refractivity contribution >= 4 is 34.8 Å². The highest BCUT2D eigenvalue weighted by atomic mass is 32.2. The van der Waals surface area contributed by atoms with E-state index in [0.29, 0.717) is 18.3 Å². The molecule has 1 N–H and O–H groups in total. The molecule has 2 aromatic rings. The predicted molar refractivity (Wildman–Crippen MR) is 124 cm³/mol. The van der Waals surface area contributed by atoms with Crippen molar-refractivity contribution in [2.45, 2.75) is 69.5 Å². The van der Waals surface area contributed by atoms with Crippen LogP contribution in [0.15, 0.2) is 29.4 Å². The monoisotopic (exact) mass is 446 g/mol. The van der Waals surface area contributed by atoms with Crippen molar-refractivity contribution in [1.82, 2.24) is 19.8 Å². The molecular formula is C23H34N4O3S. The van der Waals surface area contributed by atoms with Gasteiger partial charge in [0.25, 0.3) is 0 Å². The van der Waals surface area contributed by atoms with Crippen LogP contribution in [0.1, 0.15) is 47.5 Å². The Labute approximate surface area is 188 Å². The second-order valence-corrected chi connectivity index (χ2v) is 10.7. The third kappa shape index (κ3) is 5.93. The second kappa shape index (κ2) is 9.51. The van der Waals surface area contributed by atoms with E-state index in [1.54, 1.807) is 11.8 Å². The number of para-hydroxylation sites is 2. The number of alkyl carbamates (subject to hydrolysis) is 1. The topological polar surface area (TPSA) is 76.5 Å². The number of thioether (sulfide) groups is 1. The smallest absolute Gasteiger partial charge is 0.408 e. The lowest BCUT2D eigenvalue weighted by Gasteiger charge is -2.35. The van der Waals surface area contributed by atoms with E-state index >= 15 is 0 Å². The molecule has 31 heavy (non-hydrogen) atoms. The predicted octanol–water partition coefficient (Wildman–Crippen LogP) is 4.21. The SMILES string of the molecule is CC(C)[C@H](NC(=O)OC(C)(C)C)C(=O)N1CCC(Sc2nc3ccccc3n2C)CC1. The molecule has 0 unspecified atom stereocenters. The summed E-state index contributed by atoms with van der Waals surface area (Å²) >= 11 is 1.79. The summed E-state index contributed by atoms with van der Waals surface area (Å²) in [5, 5.41) is 4.20.